The number of hydrogen-bond donors (Lipinski definition) is 0. The molecule has 0 saturated carbocycles. The zero-order chi connectivity index (χ0) is 6.36. The average Bonchev–Trinajstić information content (AvgIpc) is 2.00. The van der Waals surface area contributed by atoms with Crippen LogP contribution < -0.4 is 0 Å². The lowest BCUT2D eigenvalue weighted by atomic mass is 10.2. The molecule has 1 aliphatic carbocycles. The summed E-state index contributed by atoms with van der Waals surface area (Å²) in [5.74, 6) is 0. The highest BCUT2D eigenvalue weighted by Gasteiger charge is 1.79. The SMILES string of the molecule is C1=C/C=C\CCCC=C1. The summed E-state index contributed by atoms with van der Waals surface area (Å²) in [6.07, 6.45) is 16.5. The minimum Gasteiger partial charge on any atom is -0.0845 e. The van der Waals surface area contributed by atoms with Crippen molar-refractivity contribution in [3.63, 3.8) is 0 Å². The molecule has 0 N–H and O–H groups in total. The van der Waals surface area contributed by atoms with Gasteiger partial charge in [-0.2, -0.15) is 0 Å². The Morgan fingerprint density at radius 1 is 0.667 bits per heavy atom. The van der Waals surface area contributed by atoms with E-state index >= 15 is 0 Å². The predicted octanol–water partition coefficient (Wildman–Crippen LogP) is 2.84. The molecule has 0 saturated heterocycles. The van der Waals surface area contributed by atoms with Gasteiger partial charge in [0.05, 0.1) is 0 Å². The lowest BCUT2D eigenvalue weighted by molar-refractivity contribution is 0.869. The van der Waals surface area contributed by atoms with Crippen molar-refractivity contribution < 1.29 is 0 Å². The summed E-state index contributed by atoms with van der Waals surface area (Å²) >= 11 is 0. The van der Waals surface area contributed by atoms with Crippen LogP contribution >= 0.6 is 0 Å². The summed E-state index contributed by atoms with van der Waals surface area (Å²) in [7, 11) is 0. The van der Waals surface area contributed by atoms with Crippen LogP contribution in [-0.2, 0) is 0 Å². The van der Waals surface area contributed by atoms with Crippen molar-refractivity contribution >= 4 is 0 Å². The fraction of sp³-hybridized carbons (Fsp3) is 0.333. The van der Waals surface area contributed by atoms with Gasteiger partial charge in [-0.25, -0.2) is 0 Å². The van der Waals surface area contributed by atoms with Crippen LogP contribution in [0.25, 0.3) is 0 Å². The molecule has 0 aliphatic heterocycles. The van der Waals surface area contributed by atoms with Crippen LogP contribution in [0.1, 0.15) is 19.3 Å². The highest BCUT2D eigenvalue weighted by molar-refractivity contribution is 5.12. The fourth-order valence-corrected chi connectivity index (χ4v) is 0.831. The van der Waals surface area contributed by atoms with Crippen molar-refractivity contribution in [2.75, 3.05) is 0 Å². The van der Waals surface area contributed by atoms with E-state index in [0.717, 1.165) is 0 Å². The van der Waals surface area contributed by atoms with E-state index in [2.05, 4.69) is 36.5 Å². The smallest absolute Gasteiger partial charge is 0.0345 e. The van der Waals surface area contributed by atoms with Gasteiger partial charge >= 0.3 is 0 Å². The summed E-state index contributed by atoms with van der Waals surface area (Å²) in [5, 5.41) is 0. The quantitative estimate of drug-likeness (QED) is 0.461. The molecule has 0 amide bonds. The van der Waals surface area contributed by atoms with E-state index in [0.29, 0.717) is 0 Å². The van der Waals surface area contributed by atoms with Crippen molar-refractivity contribution in [1.82, 2.24) is 0 Å². The van der Waals surface area contributed by atoms with Gasteiger partial charge in [-0.1, -0.05) is 36.5 Å². The van der Waals surface area contributed by atoms with Gasteiger partial charge in [0.1, 0.15) is 0 Å². The van der Waals surface area contributed by atoms with Crippen molar-refractivity contribution in [3.05, 3.63) is 36.5 Å². The summed E-state index contributed by atoms with van der Waals surface area (Å²) in [6, 6.07) is 0. The van der Waals surface area contributed by atoms with E-state index in [4.69, 9.17) is 0 Å². The molecule has 0 heterocycles. The highest BCUT2D eigenvalue weighted by Crippen LogP contribution is 2.00. The van der Waals surface area contributed by atoms with Crippen molar-refractivity contribution in [2.24, 2.45) is 0 Å². The molecular weight excluding hydrogens is 108 g/mol. The summed E-state index contributed by atoms with van der Waals surface area (Å²) in [6.45, 7) is 0. The highest BCUT2D eigenvalue weighted by atomic mass is 13.9. The lowest BCUT2D eigenvalue weighted by Gasteiger charge is -1.85. The van der Waals surface area contributed by atoms with Crippen LogP contribution in [0.3, 0.4) is 0 Å². The fourth-order valence-electron chi connectivity index (χ4n) is 0.831. The molecule has 0 nitrogen and oxygen atoms in total. The Labute approximate surface area is 56.6 Å². The summed E-state index contributed by atoms with van der Waals surface area (Å²) < 4.78 is 0. The number of rotatable bonds is 0. The third-order valence-electron chi connectivity index (χ3n) is 1.35. The van der Waals surface area contributed by atoms with Crippen LogP contribution in [0.5, 0.6) is 0 Å². The first-order valence-corrected chi connectivity index (χ1v) is 3.48. The second-order valence-corrected chi connectivity index (χ2v) is 2.17. The predicted molar refractivity (Wildman–Crippen MR) is 41.3 cm³/mol. The second kappa shape index (κ2) is 4.13. The Hall–Kier alpha value is -0.780. The van der Waals surface area contributed by atoms with Gasteiger partial charge in [-0.15, -0.1) is 0 Å². The first-order valence-electron chi connectivity index (χ1n) is 3.48. The maximum Gasteiger partial charge on any atom is -0.0345 e. The zero-order valence-electron chi connectivity index (χ0n) is 5.59. The van der Waals surface area contributed by atoms with E-state index in [1.807, 2.05) is 0 Å². The van der Waals surface area contributed by atoms with Gasteiger partial charge in [0.25, 0.3) is 0 Å². The number of allylic oxidation sites excluding steroid dienone is 6. The molecule has 0 atom stereocenters. The molecule has 0 aromatic heterocycles. The monoisotopic (exact) mass is 120 g/mol. The summed E-state index contributed by atoms with van der Waals surface area (Å²) in [5.41, 5.74) is 0. The molecule has 0 fully saturated rings. The van der Waals surface area contributed by atoms with Crippen LogP contribution in [0.2, 0.25) is 0 Å². The Morgan fingerprint density at radius 3 is 1.78 bits per heavy atom. The Kier molecular flexibility index (Phi) is 2.91. The van der Waals surface area contributed by atoms with Gasteiger partial charge in [-0.05, 0) is 19.3 Å². The number of hydrogen-bond acceptors (Lipinski definition) is 0. The minimum absolute atomic E-state index is 1.22. The standard InChI is InChI=1S/C9H12/c1-2-4-6-8-9-7-5-3-1/h1-6H,7-9H2/b2-1?,5-3-,6-4?. The van der Waals surface area contributed by atoms with E-state index in [-0.39, 0.29) is 0 Å². The van der Waals surface area contributed by atoms with E-state index < -0.39 is 0 Å². The molecule has 0 heteroatoms. The topological polar surface area (TPSA) is 0 Å². The van der Waals surface area contributed by atoms with Crippen molar-refractivity contribution in [1.29, 1.82) is 0 Å². The molecule has 0 aromatic rings. The van der Waals surface area contributed by atoms with Crippen LogP contribution in [-0.4, -0.2) is 0 Å². The Morgan fingerprint density at radius 2 is 1.22 bits per heavy atom. The third kappa shape index (κ3) is 2.91. The Bertz CT molecular complexity index is 122. The van der Waals surface area contributed by atoms with E-state index in [1.54, 1.807) is 0 Å². The van der Waals surface area contributed by atoms with Crippen molar-refractivity contribution in [2.45, 2.75) is 19.3 Å². The average molecular weight is 120 g/mol. The molecule has 0 spiro atoms. The Balaban J connectivity index is 2.45. The molecule has 0 unspecified atom stereocenters. The van der Waals surface area contributed by atoms with Crippen molar-refractivity contribution in [3.8, 4) is 0 Å². The van der Waals surface area contributed by atoms with E-state index in [9.17, 15) is 0 Å². The molecule has 0 bridgehead atoms. The van der Waals surface area contributed by atoms with E-state index in [1.165, 1.54) is 19.3 Å². The largest absolute Gasteiger partial charge is 0.0845 e. The second-order valence-electron chi connectivity index (χ2n) is 2.17. The molecule has 9 heavy (non-hydrogen) atoms. The van der Waals surface area contributed by atoms with Gasteiger partial charge in [-0.3, -0.25) is 0 Å². The maximum absolute atomic E-state index is 2.21. The van der Waals surface area contributed by atoms with Crippen LogP contribution in [0.4, 0.5) is 0 Å². The summed E-state index contributed by atoms with van der Waals surface area (Å²) in [4.78, 5) is 0. The van der Waals surface area contributed by atoms with Crippen LogP contribution in [0, 0.1) is 0 Å². The van der Waals surface area contributed by atoms with Gasteiger partial charge < -0.3 is 0 Å². The molecule has 0 radical (unpaired) electrons. The van der Waals surface area contributed by atoms with Gasteiger partial charge in [0, 0.05) is 0 Å². The zero-order valence-corrected chi connectivity index (χ0v) is 5.59. The van der Waals surface area contributed by atoms with Crippen LogP contribution in [0.15, 0.2) is 36.5 Å². The van der Waals surface area contributed by atoms with Gasteiger partial charge in [0.2, 0.25) is 0 Å². The van der Waals surface area contributed by atoms with Gasteiger partial charge in [0.15, 0.2) is 0 Å². The maximum atomic E-state index is 2.21. The first kappa shape index (κ1) is 6.34. The molecule has 48 valence electrons. The third-order valence-corrected chi connectivity index (χ3v) is 1.35. The lowest BCUT2D eigenvalue weighted by Crippen LogP contribution is -1.65. The molecule has 1 aliphatic rings. The minimum atomic E-state index is 1.22. The normalized spacial score (nSPS) is 22.2. The molecular formula is C9H12. The molecule has 0 aromatic carbocycles. The molecule has 1 rings (SSSR count). The first-order chi connectivity index (χ1) is 4.50.